The lowest BCUT2D eigenvalue weighted by molar-refractivity contribution is 0.283. The fourth-order valence-electron chi connectivity index (χ4n) is 3.44. The minimum atomic E-state index is 0.538. The molecule has 6 nitrogen and oxygen atoms in total. The molecule has 30 heavy (non-hydrogen) atoms. The normalized spacial score (nSPS) is 14.6. The molecule has 2 heterocycles. The van der Waals surface area contributed by atoms with E-state index in [0.29, 0.717) is 11.5 Å². The van der Waals surface area contributed by atoms with Gasteiger partial charge in [-0.25, -0.2) is 4.98 Å². The second-order valence-electron chi connectivity index (χ2n) is 7.16. The first-order chi connectivity index (χ1) is 14.8. The molecule has 1 aromatic heterocycles. The summed E-state index contributed by atoms with van der Waals surface area (Å²) in [5, 5.41) is 12.2. The SMILES string of the molecule is N#Cc1cccc(Nc2nccc(N3CCN(C/C=C/c4ccccc4)CC3)n2)c1. The number of nitrogens with one attached hydrogen (secondary N) is 1. The van der Waals surface area contributed by atoms with E-state index in [-0.39, 0.29) is 0 Å². The average molecular weight is 396 g/mol. The van der Waals surface area contributed by atoms with Crippen LogP contribution in [-0.2, 0) is 0 Å². The van der Waals surface area contributed by atoms with Gasteiger partial charge in [0, 0.05) is 44.6 Å². The Bertz CT molecular complexity index is 1030. The number of hydrogen-bond acceptors (Lipinski definition) is 6. The van der Waals surface area contributed by atoms with Gasteiger partial charge in [-0.05, 0) is 29.8 Å². The van der Waals surface area contributed by atoms with E-state index in [2.05, 4.69) is 67.6 Å². The summed E-state index contributed by atoms with van der Waals surface area (Å²) in [5.41, 5.74) is 2.65. The van der Waals surface area contributed by atoms with E-state index in [0.717, 1.165) is 44.2 Å². The number of anilines is 3. The largest absolute Gasteiger partial charge is 0.354 e. The molecule has 0 radical (unpaired) electrons. The molecular formula is C24H24N6. The molecule has 1 N–H and O–H groups in total. The van der Waals surface area contributed by atoms with E-state index in [9.17, 15) is 0 Å². The van der Waals surface area contributed by atoms with Crippen LogP contribution in [0.1, 0.15) is 11.1 Å². The topological polar surface area (TPSA) is 68.1 Å². The second kappa shape index (κ2) is 9.68. The fourth-order valence-corrected chi connectivity index (χ4v) is 3.44. The predicted molar refractivity (Wildman–Crippen MR) is 121 cm³/mol. The quantitative estimate of drug-likeness (QED) is 0.681. The molecule has 2 aromatic carbocycles. The van der Waals surface area contributed by atoms with Gasteiger partial charge < -0.3 is 10.2 Å². The second-order valence-corrected chi connectivity index (χ2v) is 7.16. The number of nitriles is 1. The molecule has 1 aliphatic rings. The van der Waals surface area contributed by atoms with Gasteiger partial charge in [0.15, 0.2) is 0 Å². The zero-order chi connectivity index (χ0) is 20.6. The Hall–Kier alpha value is -3.69. The zero-order valence-electron chi connectivity index (χ0n) is 16.8. The number of hydrogen-bond donors (Lipinski definition) is 1. The van der Waals surface area contributed by atoms with Crippen LogP contribution >= 0.6 is 0 Å². The first-order valence-electron chi connectivity index (χ1n) is 10.1. The van der Waals surface area contributed by atoms with Crippen molar-refractivity contribution < 1.29 is 0 Å². The van der Waals surface area contributed by atoms with Crippen molar-refractivity contribution in [2.24, 2.45) is 0 Å². The summed E-state index contributed by atoms with van der Waals surface area (Å²) in [7, 11) is 0. The van der Waals surface area contributed by atoms with Crippen molar-refractivity contribution in [3.63, 3.8) is 0 Å². The Kier molecular flexibility index (Phi) is 6.33. The van der Waals surface area contributed by atoms with Crippen molar-refractivity contribution in [3.8, 4) is 6.07 Å². The van der Waals surface area contributed by atoms with Crippen LogP contribution in [0.4, 0.5) is 17.5 Å². The lowest BCUT2D eigenvalue weighted by Gasteiger charge is -2.34. The summed E-state index contributed by atoms with van der Waals surface area (Å²) in [5.74, 6) is 1.46. The van der Waals surface area contributed by atoms with E-state index >= 15 is 0 Å². The smallest absolute Gasteiger partial charge is 0.229 e. The average Bonchev–Trinajstić information content (AvgIpc) is 2.80. The molecule has 1 aliphatic heterocycles. The first kappa shape index (κ1) is 19.6. The fraction of sp³-hybridized carbons (Fsp3) is 0.208. The van der Waals surface area contributed by atoms with Crippen molar-refractivity contribution in [2.75, 3.05) is 42.9 Å². The third-order valence-electron chi connectivity index (χ3n) is 5.06. The summed E-state index contributed by atoms with van der Waals surface area (Å²) in [6.45, 7) is 4.81. The van der Waals surface area contributed by atoms with Gasteiger partial charge in [-0.1, -0.05) is 48.6 Å². The molecule has 0 amide bonds. The lowest BCUT2D eigenvalue weighted by atomic mass is 10.2. The van der Waals surface area contributed by atoms with E-state index in [1.54, 1.807) is 18.3 Å². The van der Waals surface area contributed by atoms with E-state index in [4.69, 9.17) is 5.26 Å². The third-order valence-corrected chi connectivity index (χ3v) is 5.06. The van der Waals surface area contributed by atoms with Gasteiger partial charge in [-0.3, -0.25) is 4.90 Å². The van der Waals surface area contributed by atoms with Crippen molar-refractivity contribution in [2.45, 2.75) is 0 Å². The van der Waals surface area contributed by atoms with Crippen molar-refractivity contribution in [1.29, 1.82) is 5.26 Å². The van der Waals surface area contributed by atoms with E-state index in [1.165, 1.54) is 5.56 Å². The van der Waals surface area contributed by atoms with Crippen LogP contribution in [0.15, 0.2) is 72.9 Å². The van der Waals surface area contributed by atoms with Crippen LogP contribution in [0, 0.1) is 11.3 Å². The van der Waals surface area contributed by atoms with Gasteiger partial charge in [0.2, 0.25) is 5.95 Å². The molecular weight excluding hydrogens is 372 g/mol. The lowest BCUT2D eigenvalue weighted by Crippen LogP contribution is -2.46. The molecule has 0 aliphatic carbocycles. The van der Waals surface area contributed by atoms with Crippen LogP contribution in [0.5, 0.6) is 0 Å². The van der Waals surface area contributed by atoms with Crippen LogP contribution in [0.2, 0.25) is 0 Å². The van der Waals surface area contributed by atoms with Crippen molar-refractivity contribution in [3.05, 3.63) is 84.1 Å². The first-order valence-corrected chi connectivity index (χ1v) is 10.1. The minimum absolute atomic E-state index is 0.538. The van der Waals surface area contributed by atoms with Gasteiger partial charge in [0.05, 0.1) is 11.6 Å². The molecule has 0 spiro atoms. The van der Waals surface area contributed by atoms with Gasteiger partial charge in [-0.15, -0.1) is 0 Å². The molecule has 1 fully saturated rings. The van der Waals surface area contributed by atoms with Crippen LogP contribution in [0.3, 0.4) is 0 Å². The number of benzene rings is 2. The number of piperazine rings is 1. The summed E-state index contributed by atoms with van der Waals surface area (Å²) in [6, 6.07) is 21.8. The van der Waals surface area contributed by atoms with Crippen molar-refractivity contribution in [1.82, 2.24) is 14.9 Å². The van der Waals surface area contributed by atoms with E-state index in [1.807, 2.05) is 24.3 Å². The monoisotopic (exact) mass is 396 g/mol. The van der Waals surface area contributed by atoms with Gasteiger partial charge in [0.1, 0.15) is 5.82 Å². The Balaban J connectivity index is 1.32. The molecule has 6 heteroatoms. The number of nitrogens with zero attached hydrogens (tertiary/aromatic N) is 5. The number of rotatable bonds is 6. The van der Waals surface area contributed by atoms with Gasteiger partial charge in [-0.2, -0.15) is 10.2 Å². The Labute approximate surface area is 177 Å². The molecule has 150 valence electrons. The van der Waals surface area contributed by atoms with Crippen molar-refractivity contribution >= 4 is 23.5 Å². The summed E-state index contributed by atoms with van der Waals surface area (Å²) in [6.07, 6.45) is 6.18. The zero-order valence-corrected chi connectivity index (χ0v) is 16.8. The summed E-state index contributed by atoms with van der Waals surface area (Å²) < 4.78 is 0. The van der Waals surface area contributed by atoms with E-state index < -0.39 is 0 Å². The highest BCUT2D eigenvalue weighted by Crippen LogP contribution is 2.18. The summed E-state index contributed by atoms with van der Waals surface area (Å²) >= 11 is 0. The Morgan fingerprint density at radius 1 is 1.00 bits per heavy atom. The van der Waals surface area contributed by atoms with Crippen LogP contribution < -0.4 is 10.2 Å². The maximum atomic E-state index is 9.05. The molecule has 0 saturated carbocycles. The standard InChI is InChI=1S/C24H24N6/c25-19-21-8-4-10-22(18-21)27-24-26-12-11-23(28-24)30-16-14-29(15-17-30)13-5-9-20-6-2-1-3-7-20/h1-12,18H,13-17H2,(H,26,27,28)/b9-5+. The molecule has 0 bridgehead atoms. The Morgan fingerprint density at radius 2 is 1.83 bits per heavy atom. The van der Waals surface area contributed by atoms with Crippen LogP contribution in [0.25, 0.3) is 6.08 Å². The highest BCUT2D eigenvalue weighted by Gasteiger charge is 2.17. The molecule has 0 atom stereocenters. The minimum Gasteiger partial charge on any atom is -0.354 e. The maximum absolute atomic E-state index is 9.05. The predicted octanol–water partition coefficient (Wildman–Crippen LogP) is 3.93. The maximum Gasteiger partial charge on any atom is 0.229 e. The molecule has 3 aromatic rings. The highest BCUT2D eigenvalue weighted by molar-refractivity contribution is 5.57. The molecule has 4 rings (SSSR count). The van der Waals surface area contributed by atoms with Gasteiger partial charge >= 0.3 is 0 Å². The third kappa shape index (κ3) is 5.22. The molecule has 1 saturated heterocycles. The molecule has 0 unspecified atom stereocenters. The Morgan fingerprint density at radius 3 is 2.63 bits per heavy atom. The number of aromatic nitrogens is 2. The summed E-state index contributed by atoms with van der Waals surface area (Å²) in [4.78, 5) is 13.7. The van der Waals surface area contributed by atoms with Crippen LogP contribution in [-0.4, -0.2) is 47.6 Å². The highest BCUT2D eigenvalue weighted by atomic mass is 15.3. The van der Waals surface area contributed by atoms with Gasteiger partial charge in [0.25, 0.3) is 0 Å².